The van der Waals surface area contributed by atoms with E-state index in [1.165, 1.54) is 9.80 Å². The monoisotopic (exact) mass is 201 g/mol. The second kappa shape index (κ2) is 5.59. The smallest absolute Gasteiger partial charge is 0.241 e. The predicted molar refractivity (Wildman–Crippen MR) is 54.9 cm³/mol. The SMILES string of the molecule is CN(C)CC(=O)N(C)CC(=O)N(C)C. The van der Waals surface area contributed by atoms with Gasteiger partial charge in [0.2, 0.25) is 11.8 Å². The highest BCUT2D eigenvalue weighted by Gasteiger charge is 2.14. The van der Waals surface area contributed by atoms with Crippen molar-refractivity contribution < 1.29 is 9.59 Å². The number of rotatable bonds is 4. The van der Waals surface area contributed by atoms with Gasteiger partial charge in [0.15, 0.2) is 0 Å². The molecule has 82 valence electrons. The topological polar surface area (TPSA) is 43.9 Å². The molecule has 0 saturated heterocycles. The van der Waals surface area contributed by atoms with Crippen molar-refractivity contribution in [2.45, 2.75) is 0 Å². The van der Waals surface area contributed by atoms with E-state index in [1.54, 1.807) is 26.0 Å². The molecule has 0 aromatic heterocycles. The van der Waals surface area contributed by atoms with Crippen molar-refractivity contribution in [2.24, 2.45) is 0 Å². The van der Waals surface area contributed by atoms with Gasteiger partial charge in [-0.05, 0) is 14.1 Å². The van der Waals surface area contributed by atoms with Crippen LogP contribution in [0.5, 0.6) is 0 Å². The van der Waals surface area contributed by atoms with E-state index in [1.807, 2.05) is 14.1 Å². The van der Waals surface area contributed by atoms with Crippen LogP contribution in [0, 0.1) is 0 Å². The zero-order valence-electron chi connectivity index (χ0n) is 9.57. The fraction of sp³-hybridized carbons (Fsp3) is 0.778. The Morgan fingerprint density at radius 3 is 1.71 bits per heavy atom. The van der Waals surface area contributed by atoms with Crippen LogP contribution in [0.2, 0.25) is 0 Å². The minimum Gasteiger partial charge on any atom is -0.347 e. The van der Waals surface area contributed by atoms with Crippen LogP contribution in [-0.2, 0) is 9.59 Å². The predicted octanol–water partition coefficient (Wildman–Crippen LogP) is -0.905. The number of nitrogens with zero attached hydrogens (tertiary/aromatic N) is 3. The van der Waals surface area contributed by atoms with Crippen LogP contribution in [0.4, 0.5) is 0 Å². The highest BCUT2D eigenvalue weighted by atomic mass is 16.2. The van der Waals surface area contributed by atoms with Gasteiger partial charge in [-0.15, -0.1) is 0 Å². The van der Waals surface area contributed by atoms with Gasteiger partial charge < -0.3 is 14.7 Å². The van der Waals surface area contributed by atoms with Crippen LogP contribution >= 0.6 is 0 Å². The first-order valence-electron chi connectivity index (χ1n) is 4.43. The number of carbonyl (C=O) groups excluding carboxylic acids is 2. The van der Waals surface area contributed by atoms with Gasteiger partial charge in [0.1, 0.15) is 0 Å². The van der Waals surface area contributed by atoms with Crippen molar-refractivity contribution in [3.05, 3.63) is 0 Å². The minimum absolute atomic E-state index is 0.0507. The van der Waals surface area contributed by atoms with Gasteiger partial charge in [-0.2, -0.15) is 0 Å². The van der Waals surface area contributed by atoms with Gasteiger partial charge in [0, 0.05) is 21.1 Å². The molecule has 0 aliphatic rings. The molecule has 0 atom stereocenters. The zero-order chi connectivity index (χ0) is 11.3. The summed E-state index contributed by atoms with van der Waals surface area (Å²) >= 11 is 0. The summed E-state index contributed by atoms with van der Waals surface area (Å²) in [4.78, 5) is 27.4. The Labute approximate surface area is 85.3 Å². The van der Waals surface area contributed by atoms with E-state index in [9.17, 15) is 9.59 Å². The second-order valence-electron chi connectivity index (χ2n) is 3.78. The molecule has 0 saturated carbocycles. The van der Waals surface area contributed by atoms with Crippen molar-refractivity contribution in [2.75, 3.05) is 48.3 Å². The Kier molecular flexibility index (Phi) is 5.15. The molecule has 5 heteroatoms. The number of likely N-dealkylation sites (N-methyl/N-ethyl adjacent to an activating group) is 3. The van der Waals surface area contributed by atoms with Crippen LogP contribution in [-0.4, -0.2) is 74.8 Å². The molecule has 0 aliphatic carbocycles. The maximum atomic E-state index is 11.4. The molecule has 0 aromatic carbocycles. The molecule has 0 rings (SSSR count). The molecule has 2 amide bonds. The third-order valence-electron chi connectivity index (χ3n) is 1.75. The highest BCUT2D eigenvalue weighted by molar-refractivity contribution is 5.85. The summed E-state index contributed by atoms with van der Waals surface area (Å²) in [6, 6.07) is 0. The first kappa shape index (κ1) is 12.9. The van der Waals surface area contributed by atoms with Crippen LogP contribution in [0.25, 0.3) is 0 Å². The zero-order valence-corrected chi connectivity index (χ0v) is 9.57. The van der Waals surface area contributed by atoms with E-state index in [4.69, 9.17) is 0 Å². The molecular formula is C9H19N3O2. The number of carbonyl (C=O) groups is 2. The van der Waals surface area contributed by atoms with Gasteiger partial charge in [-0.3, -0.25) is 9.59 Å². The Hall–Kier alpha value is -1.10. The normalized spacial score (nSPS) is 10.1. The van der Waals surface area contributed by atoms with E-state index >= 15 is 0 Å². The number of amides is 2. The first-order chi connectivity index (χ1) is 6.34. The molecular weight excluding hydrogens is 182 g/mol. The maximum Gasteiger partial charge on any atom is 0.241 e. The van der Waals surface area contributed by atoms with Crippen LogP contribution in [0.15, 0.2) is 0 Å². The van der Waals surface area contributed by atoms with Gasteiger partial charge in [-0.1, -0.05) is 0 Å². The Bertz CT molecular complexity index is 214. The molecule has 0 aromatic rings. The van der Waals surface area contributed by atoms with Crippen LogP contribution in [0.3, 0.4) is 0 Å². The number of hydrogen-bond acceptors (Lipinski definition) is 3. The van der Waals surface area contributed by atoms with Crippen LogP contribution in [0.1, 0.15) is 0 Å². The summed E-state index contributed by atoms with van der Waals surface area (Å²) in [6.07, 6.45) is 0. The summed E-state index contributed by atoms with van der Waals surface area (Å²) in [5, 5.41) is 0. The molecule has 0 radical (unpaired) electrons. The van der Waals surface area contributed by atoms with Gasteiger partial charge in [0.05, 0.1) is 13.1 Å². The quantitative estimate of drug-likeness (QED) is 0.592. The van der Waals surface area contributed by atoms with Crippen molar-refractivity contribution >= 4 is 11.8 Å². The molecule has 0 heterocycles. The lowest BCUT2D eigenvalue weighted by atomic mass is 10.4. The average molecular weight is 201 g/mol. The summed E-state index contributed by atoms with van der Waals surface area (Å²) in [5.74, 6) is -0.121. The fourth-order valence-electron chi connectivity index (χ4n) is 0.824. The van der Waals surface area contributed by atoms with E-state index in [0.717, 1.165) is 0 Å². The summed E-state index contributed by atoms with van der Waals surface area (Å²) in [6.45, 7) is 0.469. The van der Waals surface area contributed by atoms with Crippen molar-refractivity contribution in [3.8, 4) is 0 Å². The second-order valence-corrected chi connectivity index (χ2v) is 3.78. The summed E-state index contributed by atoms with van der Waals surface area (Å²) in [7, 11) is 8.62. The fourth-order valence-corrected chi connectivity index (χ4v) is 0.824. The van der Waals surface area contributed by atoms with Gasteiger partial charge in [0.25, 0.3) is 0 Å². The van der Waals surface area contributed by atoms with Crippen molar-refractivity contribution in [1.82, 2.24) is 14.7 Å². The van der Waals surface area contributed by atoms with Crippen molar-refractivity contribution in [1.29, 1.82) is 0 Å². The van der Waals surface area contributed by atoms with Gasteiger partial charge in [-0.25, -0.2) is 0 Å². The largest absolute Gasteiger partial charge is 0.347 e. The molecule has 0 unspecified atom stereocenters. The first-order valence-corrected chi connectivity index (χ1v) is 4.43. The lowest BCUT2D eigenvalue weighted by molar-refractivity contribution is -0.138. The molecule has 0 N–H and O–H groups in total. The lowest BCUT2D eigenvalue weighted by Crippen LogP contribution is -2.41. The Balaban J connectivity index is 4.01. The molecule has 5 nitrogen and oxygen atoms in total. The third kappa shape index (κ3) is 4.81. The maximum absolute atomic E-state index is 11.4. The van der Waals surface area contributed by atoms with Crippen LogP contribution < -0.4 is 0 Å². The molecule has 0 spiro atoms. The average Bonchev–Trinajstić information content (AvgIpc) is 2.02. The van der Waals surface area contributed by atoms with E-state index in [2.05, 4.69) is 0 Å². The summed E-state index contributed by atoms with van der Waals surface area (Å²) < 4.78 is 0. The number of hydrogen-bond donors (Lipinski definition) is 0. The lowest BCUT2D eigenvalue weighted by Gasteiger charge is -2.20. The molecule has 0 aliphatic heterocycles. The highest BCUT2D eigenvalue weighted by Crippen LogP contribution is 1.89. The molecule has 0 fully saturated rings. The minimum atomic E-state index is -0.0698. The van der Waals surface area contributed by atoms with E-state index < -0.39 is 0 Å². The molecule has 14 heavy (non-hydrogen) atoms. The Morgan fingerprint density at radius 1 is 0.857 bits per heavy atom. The Morgan fingerprint density at radius 2 is 1.36 bits per heavy atom. The van der Waals surface area contributed by atoms with E-state index in [0.29, 0.717) is 6.54 Å². The standard InChI is InChI=1S/C9H19N3O2/c1-10(2)6-9(14)12(5)7-8(13)11(3)4/h6-7H2,1-5H3. The summed E-state index contributed by atoms with van der Waals surface area (Å²) in [5.41, 5.74) is 0. The van der Waals surface area contributed by atoms with E-state index in [-0.39, 0.29) is 18.4 Å². The van der Waals surface area contributed by atoms with Gasteiger partial charge >= 0.3 is 0 Å². The molecule has 0 bridgehead atoms. The van der Waals surface area contributed by atoms with Crippen molar-refractivity contribution in [3.63, 3.8) is 0 Å². The third-order valence-corrected chi connectivity index (χ3v) is 1.75.